The Morgan fingerprint density at radius 2 is 1.91 bits per heavy atom. The van der Waals surface area contributed by atoms with E-state index in [0.717, 1.165) is 0 Å². The zero-order valence-corrected chi connectivity index (χ0v) is 12.8. The van der Waals surface area contributed by atoms with Crippen LogP contribution in [0, 0.1) is 0 Å². The first-order chi connectivity index (χ1) is 10.5. The summed E-state index contributed by atoms with van der Waals surface area (Å²) in [5, 5.41) is 0. The van der Waals surface area contributed by atoms with Gasteiger partial charge in [-0.1, -0.05) is 12.1 Å². The number of nitrogens with zero attached hydrogens (tertiary/aromatic N) is 1. The molecule has 0 fully saturated rings. The second-order valence-corrected chi connectivity index (χ2v) is 5.82. The lowest BCUT2D eigenvalue weighted by atomic mass is 10.2. The number of ether oxygens (including phenoxy) is 2. The molecule has 0 unspecified atom stereocenters. The Labute approximate surface area is 128 Å². The van der Waals surface area contributed by atoms with Gasteiger partial charge in [-0.25, -0.2) is 13.2 Å². The van der Waals surface area contributed by atoms with Crippen LogP contribution < -0.4 is 9.46 Å². The van der Waals surface area contributed by atoms with E-state index in [4.69, 9.17) is 4.74 Å². The average molecular weight is 322 g/mol. The van der Waals surface area contributed by atoms with Crippen LogP contribution in [0.4, 0.5) is 5.69 Å². The number of anilines is 1. The predicted molar refractivity (Wildman–Crippen MR) is 79.4 cm³/mol. The maximum atomic E-state index is 12.5. The number of benzene rings is 1. The van der Waals surface area contributed by atoms with Gasteiger partial charge in [0.25, 0.3) is 10.0 Å². The molecule has 2 aromatic rings. The largest absolute Gasteiger partial charge is 0.494 e. The molecular formula is C14H14N2O5S. The van der Waals surface area contributed by atoms with Crippen LogP contribution in [0.2, 0.25) is 0 Å². The van der Waals surface area contributed by atoms with Crippen molar-refractivity contribution in [3.63, 3.8) is 0 Å². The SMILES string of the molecule is COC(=O)c1ccccc1S(=O)(=O)Nc1cnccc1OC. The van der Waals surface area contributed by atoms with Gasteiger partial charge < -0.3 is 9.47 Å². The van der Waals surface area contributed by atoms with E-state index >= 15 is 0 Å². The number of hydrogen-bond acceptors (Lipinski definition) is 6. The summed E-state index contributed by atoms with van der Waals surface area (Å²) in [6, 6.07) is 7.28. The molecule has 2 rings (SSSR count). The number of methoxy groups -OCH3 is 2. The fraction of sp³-hybridized carbons (Fsp3) is 0.143. The molecule has 116 valence electrons. The second kappa shape index (κ2) is 6.44. The maximum Gasteiger partial charge on any atom is 0.339 e. The van der Waals surface area contributed by atoms with Gasteiger partial charge in [0.05, 0.1) is 26.0 Å². The summed E-state index contributed by atoms with van der Waals surface area (Å²) < 4.78 is 37.0. The van der Waals surface area contributed by atoms with Gasteiger partial charge in [0.15, 0.2) is 0 Å². The van der Waals surface area contributed by atoms with Crippen molar-refractivity contribution in [3.05, 3.63) is 48.3 Å². The molecule has 1 aromatic heterocycles. The lowest BCUT2D eigenvalue weighted by Gasteiger charge is -2.13. The summed E-state index contributed by atoms with van der Waals surface area (Å²) in [4.78, 5) is 15.4. The van der Waals surface area contributed by atoms with Crippen LogP contribution >= 0.6 is 0 Å². The maximum absolute atomic E-state index is 12.5. The van der Waals surface area contributed by atoms with Crippen LogP contribution in [0.5, 0.6) is 5.75 Å². The molecule has 0 aliphatic rings. The van der Waals surface area contributed by atoms with Crippen molar-refractivity contribution < 1.29 is 22.7 Å². The first-order valence-electron chi connectivity index (χ1n) is 6.17. The molecule has 0 aliphatic heterocycles. The Morgan fingerprint density at radius 1 is 1.18 bits per heavy atom. The molecule has 1 N–H and O–H groups in total. The Hall–Kier alpha value is -2.61. The highest BCUT2D eigenvalue weighted by atomic mass is 32.2. The van der Waals surface area contributed by atoms with E-state index in [1.165, 1.54) is 50.9 Å². The van der Waals surface area contributed by atoms with Crippen molar-refractivity contribution in [2.45, 2.75) is 4.90 Å². The van der Waals surface area contributed by atoms with E-state index in [0.29, 0.717) is 5.75 Å². The van der Waals surface area contributed by atoms with Crippen LogP contribution in [0.1, 0.15) is 10.4 Å². The second-order valence-electron chi connectivity index (χ2n) is 4.17. The van der Waals surface area contributed by atoms with Gasteiger partial charge in [0.2, 0.25) is 0 Å². The minimum Gasteiger partial charge on any atom is -0.494 e. The predicted octanol–water partition coefficient (Wildman–Crippen LogP) is 1.68. The fourth-order valence-corrected chi connectivity index (χ4v) is 3.07. The smallest absolute Gasteiger partial charge is 0.339 e. The highest BCUT2D eigenvalue weighted by molar-refractivity contribution is 7.92. The number of hydrogen-bond donors (Lipinski definition) is 1. The third kappa shape index (κ3) is 3.17. The average Bonchev–Trinajstić information content (AvgIpc) is 2.54. The van der Waals surface area contributed by atoms with Gasteiger partial charge >= 0.3 is 5.97 Å². The molecule has 0 radical (unpaired) electrons. The first kappa shape index (κ1) is 15.8. The van der Waals surface area contributed by atoms with Crippen molar-refractivity contribution in [2.75, 3.05) is 18.9 Å². The minimum atomic E-state index is -4.00. The summed E-state index contributed by atoms with van der Waals surface area (Å²) in [5.41, 5.74) is 0.116. The fourth-order valence-electron chi connectivity index (χ4n) is 1.82. The molecule has 0 spiro atoms. The summed E-state index contributed by atoms with van der Waals surface area (Å²) in [7, 11) is -1.41. The number of esters is 1. The van der Waals surface area contributed by atoms with Gasteiger partial charge in [-0.3, -0.25) is 9.71 Å². The van der Waals surface area contributed by atoms with E-state index in [1.807, 2.05) is 0 Å². The topological polar surface area (TPSA) is 94.6 Å². The highest BCUT2D eigenvalue weighted by Gasteiger charge is 2.23. The molecule has 0 saturated heterocycles. The van der Waals surface area contributed by atoms with Crippen LogP contribution in [-0.2, 0) is 14.8 Å². The molecule has 22 heavy (non-hydrogen) atoms. The van der Waals surface area contributed by atoms with Gasteiger partial charge in [0, 0.05) is 12.3 Å². The Balaban J connectivity index is 2.46. The van der Waals surface area contributed by atoms with Gasteiger partial charge in [-0.2, -0.15) is 0 Å². The first-order valence-corrected chi connectivity index (χ1v) is 7.66. The van der Waals surface area contributed by atoms with Crippen LogP contribution in [0.25, 0.3) is 0 Å². The normalized spacial score (nSPS) is 10.8. The molecule has 0 aliphatic carbocycles. The lowest BCUT2D eigenvalue weighted by Crippen LogP contribution is -2.18. The van der Waals surface area contributed by atoms with Crippen LogP contribution in [0.3, 0.4) is 0 Å². The van der Waals surface area contributed by atoms with E-state index < -0.39 is 16.0 Å². The van der Waals surface area contributed by atoms with E-state index in [-0.39, 0.29) is 16.1 Å². The summed E-state index contributed by atoms with van der Waals surface area (Å²) in [6.45, 7) is 0. The third-order valence-electron chi connectivity index (χ3n) is 2.83. The number of sulfonamides is 1. The van der Waals surface area contributed by atoms with Gasteiger partial charge in [-0.05, 0) is 12.1 Å². The van der Waals surface area contributed by atoms with Gasteiger partial charge in [-0.15, -0.1) is 0 Å². The van der Waals surface area contributed by atoms with Crippen molar-refractivity contribution in [3.8, 4) is 5.75 Å². The number of carbonyl (C=O) groups is 1. The Kier molecular flexibility index (Phi) is 4.62. The van der Waals surface area contributed by atoms with Crippen LogP contribution in [-0.4, -0.2) is 33.6 Å². The van der Waals surface area contributed by atoms with Crippen molar-refractivity contribution in [2.24, 2.45) is 0 Å². The molecule has 0 saturated carbocycles. The molecule has 0 amide bonds. The van der Waals surface area contributed by atoms with Crippen molar-refractivity contribution in [1.29, 1.82) is 0 Å². The summed E-state index contributed by atoms with van der Waals surface area (Å²) in [5.74, 6) is -0.423. The van der Waals surface area contributed by atoms with Crippen molar-refractivity contribution >= 4 is 21.7 Å². The Bertz CT molecular complexity index is 789. The molecular weight excluding hydrogens is 308 g/mol. The molecule has 1 heterocycles. The molecule has 0 atom stereocenters. The van der Waals surface area contributed by atoms with E-state index in [2.05, 4.69) is 14.4 Å². The zero-order valence-electron chi connectivity index (χ0n) is 11.9. The van der Waals surface area contributed by atoms with Crippen LogP contribution in [0.15, 0.2) is 47.6 Å². The lowest BCUT2D eigenvalue weighted by molar-refractivity contribution is 0.0596. The molecule has 0 bridgehead atoms. The molecule has 7 nitrogen and oxygen atoms in total. The molecule has 8 heteroatoms. The summed E-state index contributed by atoms with van der Waals surface area (Å²) in [6.07, 6.45) is 2.79. The number of aromatic nitrogens is 1. The highest BCUT2D eigenvalue weighted by Crippen LogP contribution is 2.26. The number of rotatable bonds is 5. The number of pyridine rings is 1. The van der Waals surface area contributed by atoms with Gasteiger partial charge in [0.1, 0.15) is 16.3 Å². The summed E-state index contributed by atoms with van der Waals surface area (Å²) >= 11 is 0. The number of nitrogens with one attached hydrogen (secondary N) is 1. The zero-order chi connectivity index (χ0) is 16.2. The quantitative estimate of drug-likeness (QED) is 0.842. The monoisotopic (exact) mass is 322 g/mol. The Morgan fingerprint density at radius 3 is 2.59 bits per heavy atom. The standard InChI is InChI=1S/C14H14N2O5S/c1-20-12-7-8-15-9-11(12)16-22(18,19)13-6-4-3-5-10(13)14(17)21-2/h3-9,16H,1-2H3. The third-order valence-corrected chi connectivity index (χ3v) is 4.25. The van der Waals surface area contributed by atoms with E-state index in [1.54, 1.807) is 6.07 Å². The molecule has 1 aromatic carbocycles. The number of carbonyl (C=O) groups excluding carboxylic acids is 1. The van der Waals surface area contributed by atoms with Crippen molar-refractivity contribution in [1.82, 2.24) is 4.98 Å². The minimum absolute atomic E-state index is 0.0552. The van der Waals surface area contributed by atoms with E-state index in [9.17, 15) is 13.2 Å².